The van der Waals surface area contributed by atoms with Gasteiger partial charge < -0.3 is 34.0 Å². The Morgan fingerprint density at radius 3 is 2.72 bits per heavy atom. The number of terminal acetylenes is 1. The number of fused-ring (bicyclic) bond motifs is 2. The number of phenols is 1. The number of nitriles is 1. The standard InChI is InChI=1S/C42H51N7O5/c1-5-29-9-6-10-30-21-33(50)22-35(40(29)30)38-23-37-36(27-53-38)41(45-42(44-37)54-26-32-11-7-17-46(32)3)48-25-31(13-16-43)49(24-28(48)2)39(51)12-8-18-47-19-14-34(52-4)15-20-47/h1,6,8-10,12,21-22,28,31-32,34,38,50H,7,11,13-15,17-20,23-27H2,2-4H3/b12-8+/t28-,31-,32-,38?/m0/s1. The molecule has 7 rings (SSSR count). The summed E-state index contributed by atoms with van der Waals surface area (Å²) in [6.45, 7) is 7.28. The topological polar surface area (TPSA) is 128 Å². The van der Waals surface area contributed by atoms with Gasteiger partial charge in [0.05, 0.1) is 43.0 Å². The summed E-state index contributed by atoms with van der Waals surface area (Å²) in [5.74, 6) is 3.56. The number of hydrogen-bond donors (Lipinski definition) is 1. The molecule has 12 nitrogen and oxygen atoms in total. The zero-order valence-electron chi connectivity index (χ0n) is 31.6. The van der Waals surface area contributed by atoms with E-state index < -0.39 is 6.10 Å². The Balaban J connectivity index is 1.16. The maximum absolute atomic E-state index is 13.6. The number of hydrogen-bond acceptors (Lipinski definition) is 11. The largest absolute Gasteiger partial charge is 0.508 e. The fourth-order valence-corrected chi connectivity index (χ4v) is 8.52. The van der Waals surface area contributed by atoms with Crippen molar-refractivity contribution in [3.63, 3.8) is 0 Å². The van der Waals surface area contributed by atoms with Crippen LogP contribution in [0.3, 0.4) is 0 Å². The van der Waals surface area contributed by atoms with Crippen LogP contribution in [0, 0.1) is 23.7 Å². The van der Waals surface area contributed by atoms with Crippen LogP contribution in [-0.2, 0) is 27.3 Å². The number of benzene rings is 2. The highest BCUT2D eigenvalue weighted by atomic mass is 16.5. The molecule has 2 aromatic carbocycles. The van der Waals surface area contributed by atoms with Gasteiger partial charge in [-0.05, 0) is 75.3 Å². The number of methoxy groups -OCH3 is 1. The Hall–Kier alpha value is -4.72. The Kier molecular flexibility index (Phi) is 11.7. The van der Waals surface area contributed by atoms with Gasteiger partial charge in [0, 0.05) is 80.9 Å². The van der Waals surface area contributed by atoms with Crippen LogP contribution in [0.4, 0.5) is 5.82 Å². The molecule has 5 heterocycles. The van der Waals surface area contributed by atoms with Crippen LogP contribution in [0.2, 0.25) is 0 Å². The first-order valence-corrected chi connectivity index (χ1v) is 19.2. The predicted octanol–water partition coefficient (Wildman–Crippen LogP) is 4.59. The lowest BCUT2D eigenvalue weighted by atomic mass is 9.91. The van der Waals surface area contributed by atoms with Gasteiger partial charge in [-0.2, -0.15) is 15.2 Å². The van der Waals surface area contributed by atoms with Crippen LogP contribution in [-0.4, -0.2) is 120 Å². The molecule has 3 saturated heterocycles. The second-order valence-electron chi connectivity index (χ2n) is 15.1. The van der Waals surface area contributed by atoms with Crippen molar-refractivity contribution >= 4 is 22.5 Å². The van der Waals surface area contributed by atoms with Crippen molar-refractivity contribution in [2.45, 2.75) is 82.4 Å². The van der Waals surface area contributed by atoms with Crippen LogP contribution in [0.1, 0.15) is 67.5 Å². The van der Waals surface area contributed by atoms with E-state index in [4.69, 9.17) is 30.6 Å². The maximum Gasteiger partial charge on any atom is 0.318 e. The van der Waals surface area contributed by atoms with Gasteiger partial charge in [0.25, 0.3) is 0 Å². The summed E-state index contributed by atoms with van der Waals surface area (Å²) in [6.07, 6.45) is 14.2. The van der Waals surface area contributed by atoms with E-state index in [0.29, 0.717) is 50.6 Å². The summed E-state index contributed by atoms with van der Waals surface area (Å²) >= 11 is 0. The van der Waals surface area contributed by atoms with E-state index in [1.807, 2.05) is 29.2 Å². The van der Waals surface area contributed by atoms with E-state index in [2.05, 4.69) is 40.7 Å². The summed E-state index contributed by atoms with van der Waals surface area (Å²) in [5, 5.41) is 22.3. The summed E-state index contributed by atoms with van der Waals surface area (Å²) in [5.41, 5.74) is 3.20. The van der Waals surface area contributed by atoms with Crippen molar-refractivity contribution in [1.29, 1.82) is 5.26 Å². The van der Waals surface area contributed by atoms with Crippen molar-refractivity contribution in [3.05, 3.63) is 64.9 Å². The number of likely N-dealkylation sites (N-methyl/N-ethyl adjacent to an activating group) is 1. The van der Waals surface area contributed by atoms with Crippen LogP contribution in [0.5, 0.6) is 11.8 Å². The van der Waals surface area contributed by atoms with Gasteiger partial charge in [-0.25, -0.2) is 0 Å². The number of piperazine rings is 1. The van der Waals surface area contributed by atoms with Crippen molar-refractivity contribution in [2.24, 2.45) is 0 Å². The molecule has 3 aromatic rings. The summed E-state index contributed by atoms with van der Waals surface area (Å²) in [7, 11) is 3.88. The van der Waals surface area contributed by atoms with Gasteiger partial charge in [0.15, 0.2) is 0 Å². The maximum atomic E-state index is 13.6. The van der Waals surface area contributed by atoms with Gasteiger partial charge in [-0.3, -0.25) is 9.69 Å². The molecule has 1 aromatic heterocycles. The first-order valence-electron chi connectivity index (χ1n) is 19.2. The molecule has 54 heavy (non-hydrogen) atoms. The number of ether oxygens (including phenoxy) is 3. The molecule has 0 bridgehead atoms. The third-order valence-electron chi connectivity index (χ3n) is 11.6. The Morgan fingerprint density at radius 2 is 1.98 bits per heavy atom. The fraction of sp³-hybridized carbons (Fsp3) is 0.524. The molecule has 4 aliphatic rings. The molecule has 1 N–H and O–H groups in total. The number of likely N-dealkylation sites (tertiary alicyclic amines) is 2. The van der Waals surface area contributed by atoms with Crippen molar-refractivity contribution in [3.8, 4) is 30.2 Å². The monoisotopic (exact) mass is 733 g/mol. The molecule has 0 radical (unpaired) electrons. The SMILES string of the molecule is C#Cc1cccc2cc(O)cc(C3Cc4nc(OC[C@@H]5CCCN5C)nc(N5C[C@H](CC#N)N(C(=O)/C=C/CN6CCC(OC)CC6)C[C@@H]5C)c4CO3)c12. The number of phenolic OH excluding ortho intramolecular Hbond substituents is 1. The quantitative estimate of drug-likeness (QED) is 0.232. The van der Waals surface area contributed by atoms with E-state index >= 15 is 0 Å². The lowest BCUT2D eigenvalue weighted by Gasteiger charge is -2.46. The Morgan fingerprint density at radius 1 is 1.15 bits per heavy atom. The lowest BCUT2D eigenvalue weighted by molar-refractivity contribution is -0.129. The minimum absolute atomic E-state index is 0.0844. The number of nitrogens with zero attached hydrogens (tertiary/aromatic N) is 7. The summed E-state index contributed by atoms with van der Waals surface area (Å²) < 4.78 is 18.4. The number of aromatic nitrogens is 2. The molecule has 0 aliphatic carbocycles. The summed E-state index contributed by atoms with van der Waals surface area (Å²) in [6, 6.07) is 11.6. The second kappa shape index (κ2) is 16.7. The lowest BCUT2D eigenvalue weighted by Crippen LogP contribution is -2.59. The Labute approximate surface area is 318 Å². The Bertz CT molecular complexity index is 1950. The normalized spacial score (nSPS) is 24.1. The highest BCUT2D eigenvalue weighted by molar-refractivity contribution is 5.92. The minimum atomic E-state index is -0.422. The van der Waals surface area contributed by atoms with Gasteiger partial charge in [-0.15, -0.1) is 6.42 Å². The molecule has 1 unspecified atom stereocenters. The van der Waals surface area contributed by atoms with Crippen molar-refractivity contribution in [2.75, 3.05) is 64.9 Å². The second-order valence-corrected chi connectivity index (χ2v) is 15.1. The first-order chi connectivity index (χ1) is 26.3. The average Bonchev–Trinajstić information content (AvgIpc) is 3.60. The average molecular weight is 734 g/mol. The molecule has 0 spiro atoms. The highest BCUT2D eigenvalue weighted by Gasteiger charge is 2.38. The van der Waals surface area contributed by atoms with E-state index in [1.54, 1.807) is 25.3 Å². The number of aromatic hydroxyl groups is 1. The number of carbonyl (C=O) groups excluding carboxylic acids is 1. The van der Waals surface area contributed by atoms with Gasteiger partial charge in [0.2, 0.25) is 5.91 Å². The molecular weight excluding hydrogens is 683 g/mol. The first kappa shape index (κ1) is 37.6. The van der Waals surface area contributed by atoms with Crippen LogP contribution in [0.25, 0.3) is 10.8 Å². The molecule has 12 heteroatoms. The number of carbonyl (C=O) groups is 1. The molecular formula is C42H51N7O5. The molecule has 3 fully saturated rings. The van der Waals surface area contributed by atoms with Gasteiger partial charge in [0.1, 0.15) is 18.2 Å². The molecule has 4 aliphatic heterocycles. The number of anilines is 1. The number of rotatable bonds is 10. The molecule has 0 saturated carbocycles. The van der Waals surface area contributed by atoms with Crippen LogP contribution >= 0.6 is 0 Å². The third-order valence-corrected chi connectivity index (χ3v) is 11.6. The van der Waals surface area contributed by atoms with Crippen LogP contribution < -0.4 is 9.64 Å². The highest BCUT2D eigenvalue weighted by Crippen LogP contribution is 2.40. The van der Waals surface area contributed by atoms with Gasteiger partial charge >= 0.3 is 6.01 Å². The third kappa shape index (κ3) is 8.03. The fourth-order valence-electron chi connectivity index (χ4n) is 8.52. The summed E-state index contributed by atoms with van der Waals surface area (Å²) in [4.78, 5) is 32.3. The minimum Gasteiger partial charge on any atom is -0.508 e. The zero-order chi connectivity index (χ0) is 37.8. The zero-order valence-corrected chi connectivity index (χ0v) is 31.6. The van der Waals surface area contributed by atoms with E-state index in [1.165, 1.54) is 0 Å². The van der Waals surface area contributed by atoms with Crippen molar-refractivity contribution < 1.29 is 24.1 Å². The molecule has 4 atom stereocenters. The van der Waals surface area contributed by atoms with E-state index in [9.17, 15) is 15.2 Å². The van der Waals surface area contributed by atoms with E-state index in [0.717, 1.165) is 78.5 Å². The smallest absolute Gasteiger partial charge is 0.318 e. The van der Waals surface area contributed by atoms with Crippen LogP contribution in [0.15, 0.2) is 42.5 Å². The molecule has 1 amide bonds. The number of amides is 1. The van der Waals surface area contributed by atoms with Crippen molar-refractivity contribution in [1.82, 2.24) is 24.7 Å². The molecule has 284 valence electrons. The predicted molar refractivity (Wildman–Crippen MR) is 206 cm³/mol. The van der Waals surface area contributed by atoms with Gasteiger partial charge in [-0.1, -0.05) is 24.1 Å². The van der Waals surface area contributed by atoms with E-state index in [-0.39, 0.29) is 42.8 Å². The number of piperidine rings is 1.